The number of hydrogen-bond acceptors (Lipinski definition) is 5. The standard InChI is InChI=1S/C24H15Cl2NO4S2/c25-17-7-6-16(20(26)12-17)13-31-19-8-4-14(5-9-19)10-21-22(28)27(24(32)33-21)18-3-1-2-15(11-18)23(29)30/h1-12H,13H2,(H,29,30). The summed E-state index contributed by atoms with van der Waals surface area (Å²) >= 11 is 18.6. The predicted octanol–water partition coefficient (Wildman–Crippen LogP) is 6.68. The Hall–Kier alpha value is -2.84. The van der Waals surface area contributed by atoms with Crippen molar-refractivity contribution in [1.82, 2.24) is 0 Å². The van der Waals surface area contributed by atoms with Gasteiger partial charge in [0.2, 0.25) is 0 Å². The number of carbonyl (C=O) groups is 2. The minimum Gasteiger partial charge on any atom is -0.489 e. The molecule has 1 saturated heterocycles. The van der Waals surface area contributed by atoms with Gasteiger partial charge >= 0.3 is 5.97 Å². The SMILES string of the molecule is O=C(O)c1cccc(N2C(=O)C(=Cc3ccc(OCc4ccc(Cl)cc4Cl)cc3)SC2=S)c1. The van der Waals surface area contributed by atoms with Crippen LogP contribution in [-0.2, 0) is 11.4 Å². The van der Waals surface area contributed by atoms with Crippen LogP contribution in [0.1, 0.15) is 21.5 Å². The van der Waals surface area contributed by atoms with Gasteiger partial charge in [0.1, 0.15) is 12.4 Å². The van der Waals surface area contributed by atoms with Crippen LogP contribution in [0.4, 0.5) is 5.69 Å². The molecule has 1 aliphatic rings. The largest absolute Gasteiger partial charge is 0.489 e. The molecule has 0 spiro atoms. The van der Waals surface area contributed by atoms with E-state index in [2.05, 4.69) is 0 Å². The molecule has 0 aliphatic carbocycles. The van der Waals surface area contributed by atoms with Crippen LogP contribution in [0.5, 0.6) is 5.75 Å². The van der Waals surface area contributed by atoms with Gasteiger partial charge in [-0.1, -0.05) is 71.4 Å². The molecular weight excluding hydrogens is 501 g/mol. The number of thioether (sulfide) groups is 1. The highest BCUT2D eigenvalue weighted by Crippen LogP contribution is 2.36. The molecule has 5 nitrogen and oxygen atoms in total. The summed E-state index contributed by atoms with van der Waals surface area (Å²) < 4.78 is 6.13. The molecule has 0 saturated carbocycles. The quantitative estimate of drug-likeness (QED) is 0.291. The van der Waals surface area contributed by atoms with Crippen molar-refractivity contribution in [2.45, 2.75) is 6.61 Å². The Labute approximate surface area is 209 Å². The Morgan fingerprint density at radius 1 is 1.09 bits per heavy atom. The van der Waals surface area contributed by atoms with Crippen LogP contribution in [0.3, 0.4) is 0 Å². The van der Waals surface area contributed by atoms with E-state index in [0.29, 0.717) is 37.3 Å². The maximum Gasteiger partial charge on any atom is 0.335 e. The molecular formula is C24H15Cl2NO4S2. The molecule has 1 N–H and O–H groups in total. The Bertz CT molecular complexity index is 1290. The van der Waals surface area contributed by atoms with E-state index in [1.54, 1.807) is 42.5 Å². The van der Waals surface area contributed by atoms with Crippen molar-refractivity contribution in [3.05, 3.63) is 98.4 Å². The molecule has 4 rings (SSSR count). The number of ether oxygens (including phenoxy) is 1. The number of carbonyl (C=O) groups excluding carboxylic acids is 1. The lowest BCUT2D eigenvalue weighted by atomic mass is 10.1. The zero-order valence-corrected chi connectivity index (χ0v) is 20.0. The highest BCUT2D eigenvalue weighted by atomic mass is 35.5. The first kappa shape index (κ1) is 23.3. The topological polar surface area (TPSA) is 66.8 Å². The van der Waals surface area contributed by atoms with Gasteiger partial charge in [-0.15, -0.1) is 0 Å². The maximum absolute atomic E-state index is 12.9. The van der Waals surface area contributed by atoms with Crippen LogP contribution in [0.2, 0.25) is 10.0 Å². The van der Waals surface area contributed by atoms with Crippen LogP contribution in [-0.4, -0.2) is 21.3 Å². The first-order valence-electron chi connectivity index (χ1n) is 9.60. The summed E-state index contributed by atoms with van der Waals surface area (Å²) in [7, 11) is 0. The third kappa shape index (κ3) is 5.39. The lowest BCUT2D eigenvalue weighted by molar-refractivity contribution is -0.113. The average molecular weight is 516 g/mol. The number of nitrogens with zero attached hydrogens (tertiary/aromatic N) is 1. The molecule has 0 bridgehead atoms. The van der Waals surface area contributed by atoms with E-state index in [-0.39, 0.29) is 11.5 Å². The van der Waals surface area contributed by atoms with Crippen molar-refractivity contribution >= 4 is 75.1 Å². The van der Waals surface area contributed by atoms with Crippen molar-refractivity contribution in [1.29, 1.82) is 0 Å². The van der Waals surface area contributed by atoms with Crippen molar-refractivity contribution in [2.75, 3.05) is 4.90 Å². The van der Waals surface area contributed by atoms with E-state index in [9.17, 15) is 14.7 Å². The number of benzene rings is 3. The van der Waals surface area contributed by atoms with Gasteiger partial charge in [0.25, 0.3) is 5.91 Å². The number of amides is 1. The van der Waals surface area contributed by atoms with E-state index in [1.807, 2.05) is 18.2 Å². The van der Waals surface area contributed by atoms with Crippen molar-refractivity contribution in [2.24, 2.45) is 0 Å². The van der Waals surface area contributed by atoms with Crippen molar-refractivity contribution in [3.8, 4) is 5.75 Å². The third-order valence-electron chi connectivity index (χ3n) is 4.73. The number of thiocarbonyl (C=S) groups is 1. The third-order valence-corrected chi connectivity index (χ3v) is 6.62. The molecule has 0 unspecified atom stereocenters. The summed E-state index contributed by atoms with van der Waals surface area (Å²) in [5, 5.41) is 10.3. The summed E-state index contributed by atoms with van der Waals surface area (Å²) in [5.74, 6) is -0.722. The van der Waals surface area contributed by atoms with E-state index in [1.165, 1.54) is 17.0 Å². The second kappa shape index (κ2) is 9.97. The van der Waals surface area contributed by atoms with E-state index >= 15 is 0 Å². The smallest absolute Gasteiger partial charge is 0.335 e. The number of carboxylic acids is 1. The van der Waals surface area contributed by atoms with Crippen molar-refractivity contribution in [3.63, 3.8) is 0 Å². The second-order valence-corrected chi connectivity index (χ2v) is 9.49. The van der Waals surface area contributed by atoms with Gasteiger partial charge in [-0.2, -0.15) is 0 Å². The molecule has 0 radical (unpaired) electrons. The molecule has 3 aromatic carbocycles. The van der Waals surface area contributed by atoms with Crippen LogP contribution in [0, 0.1) is 0 Å². The van der Waals surface area contributed by atoms with Gasteiger partial charge in [-0.05, 0) is 54.1 Å². The average Bonchev–Trinajstić information content (AvgIpc) is 3.07. The highest BCUT2D eigenvalue weighted by molar-refractivity contribution is 8.27. The van der Waals surface area contributed by atoms with Crippen molar-refractivity contribution < 1.29 is 19.4 Å². The first-order chi connectivity index (χ1) is 15.8. The van der Waals surface area contributed by atoms with E-state index < -0.39 is 5.97 Å². The number of anilines is 1. The maximum atomic E-state index is 12.9. The molecule has 166 valence electrons. The van der Waals surface area contributed by atoms with E-state index in [4.69, 9.17) is 40.2 Å². The first-order valence-corrected chi connectivity index (χ1v) is 11.6. The molecule has 1 heterocycles. The van der Waals surface area contributed by atoms with Gasteiger partial charge in [-0.25, -0.2) is 4.79 Å². The van der Waals surface area contributed by atoms with Gasteiger partial charge in [-0.3, -0.25) is 9.69 Å². The molecule has 1 amide bonds. The van der Waals surface area contributed by atoms with E-state index in [0.717, 1.165) is 22.9 Å². The summed E-state index contributed by atoms with van der Waals surface area (Å²) in [6, 6.07) is 18.6. The van der Waals surface area contributed by atoms with Gasteiger partial charge in [0.15, 0.2) is 4.32 Å². The summed E-state index contributed by atoms with van der Waals surface area (Å²) in [6.45, 7) is 0.295. The molecule has 33 heavy (non-hydrogen) atoms. The fourth-order valence-electron chi connectivity index (χ4n) is 3.08. The minimum absolute atomic E-state index is 0.0843. The van der Waals surface area contributed by atoms with Gasteiger partial charge < -0.3 is 9.84 Å². The predicted molar refractivity (Wildman–Crippen MR) is 136 cm³/mol. The molecule has 1 aliphatic heterocycles. The van der Waals surface area contributed by atoms with Crippen LogP contribution >= 0.6 is 47.2 Å². The minimum atomic E-state index is -1.07. The summed E-state index contributed by atoms with van der Waals surface area (Å²) in [6.07, 6.45) is 1.74. The summed E-state index contributed by atoms with van der Waals surface area (Å²) in [4.78, 5) is 26.0. The molecule has 1 fully saturated rings. The fourth-order valence-corrected chi connectivity index (χ4v) is 4.84. The molecule has 3 aromatic rings. The lowest BCUT2D eigenvalue weighted by Crippen LogP contribution is -2.27. The van der Waals surface area contributed by atoms with Gasteiger partial charge in [0, 0.05) is 15.6 Å². The van der Waals surface area contributed by atoms with Crippen LogP contribution < -0.4 is 9.64 Å². The molecule has 0 atom stereocenters. The zero-order valence-electron chi connectivity index (χ0n) is 16.8. The number of rotatable bonds is 6. The molecule has 9 heteroatoms. The fraction of sp³-hybridized carbons (Fsp3) is 0.0417. The van der Waals surface area contributed by atoms with Crippen LogP contribution in [0.25, 0.3) is 6.08 Å². The number of aromatic carboxylic acids is 1. The number of halogens is 2. The lowest BCUT2D eigenvalue weighted by Gasteiger charge is -2.14. The van der Waals surface area contributed by atoms with Gasteiger partial charge in [0.05, 0.1) is 16.2 Å². The Kier molecular flexibility index (Phi) is 7.05. The Balaban J connectivity index is 1.46. The van der Waals surface area contributed by atoms with Crippen LogP contribution in [0.15, 0.2) is 71.6 Å². The monoisotopic (exact) mass is 515 g/mol. The number of carboxylic acid groups (broad SMARTS) is 1. The molecule has 0 aromatic heterocycles. The normalized spacial score (nSPS) is 14.7. The number of hydrogen-bond donors (Lipinski definition) is 1. The Morgan fingerprint density at radius 2 is 1.85 bits per heavy atom. The summed E-state index contributed by atoms with van der Waals surface area (Å²) in [5.41, 5.74) is 2.12. The Morgan fingerprint density at radius 3 is 2.55 bits per heavy atom. The second-order valence-electron chi connectivity index (χ2n) is 6.97. The highest BCUT2D eigenvalue weighted by Gasteiger charge is 2.33. The zero-order chi connectivity index (χ0) is 23.5.